The molecule has 1 aromatic carbocycles. The zero-order valence-corrected chi connectivity index (χ0v) is 14.0. The molecule has 1 aliphatic rings. The van der Waals surface area contributed by atoms with Gasteiger partial charge in [-0.05, 0) is 43.5 Å². The summed E-state index contributed by atoms with van der Waals surface area (Å²) in [4.78, 5) is 0. The Kier molecular flexibility index (Phi) is 4.76. The highest BCUT2D eigenvalue weighted by atomic mass is 79.9. The van der Waals surface area contributed by atoms with Gasteiger partial charge in [-0.1, -0.05) is 40.9 Å². The normalized spacial score (nSPS) is 17.2. The third kappa shape index (κ3) is 3.74. The van der Waals surface area contributed by atoms with Gasteiger partial charge in [0, 0.05) is 23.3 Å². The molecule has 4 heteroatoms. The molecule has 0 radical (unpaired) electrons. The first kappa shape index (κ1) is 14.8. The van der Waals surface area contributed by atoms with Crippen LogP contribution in [0.15, 0.2) is 41.0 Å². The summed E-state index contributed by atoms with van der Waals surface area (Å²) in [5.74, 6) is 0. The van der Waals surface area contributed by atoms with E-state index in [4.69, 9.17) is 5.10 Å². The molecule has 0 unspecified atom stereocenters. The molecule has 112 valence electrons. The topological polar surface area (TPSA) is 29.9 Å². The largest absolute Gasteiger partial charge is 0.304 e. The van der Waals surface area contributed by atoms with Crippen molar-refractivity contribution in [3.8, 4) is 0 Å². The van der Waals surface area contributed by atoms with E-state index in [-0.39, 0.29) is 0 Å². The molecule has 0 spiro atoms. The third-order valence-electron chi connectivity index (χ3n) is 4.30. The van der Waals surface area contributed by atoms with Crippen LogP contribution in [0.25, 0.3) is 0 Å². The maximum absolute atomic E-state index is 4.72. The van der Waals surface area contributed by atoms with Gasteiger partial charge in [-0.25, -0.2) is 0 Å². The summed E-state index contributed by atoms with van der Waals surface area (Å²) in [5.41, 5.74) is 2.42. The van der Waals surface area contributed by atoms with E-state index in [9.17, 15) is 0 Å². The summed E-state index contributed by atoms with van der Waals surface area (Å²) < 4.78 is 3.28. The number of rotatable bonds is 5. The Morgan fingerprint density at radius 2 is 2.14 bits per heavy atom. The van der Waals surface area contributed by atoms with Crippen molar-refractivity contribution < 1.29 is 0 Å². The van der Waals surface area contributed by atoms with Gasteiger partial charge in [-0.3, -0.25) is 4.68 Å². The molecule has 21 heavy (non-hydrogen) atoms. The number of nitrogens with zero attached hydrogens (tertiary/aromatic N) is 2. The van der Waals surface area contributed by atoms with Crippen molar-refractivity contribution >= 4 is 15.9 Å². The molecule has 0 bridgehead atoms. The first-order valence-electron chi connectivity index (χ1n) is 7.75. The highest BCUT2D eigenvalue weighted by Crippen LogP contribution is 2.28. The van der Waals surface area contributed by atoms with E-state index in [0.29, 0.717) is 12.1 Å². The molecule has 1 fully saturated rings. The smallest absolute Gasteiger partial charge is 0.0762 e. The second-order valence-electron chi connectivity index (χ2n) is 5.88. The molecule has 1 aliphatic carbocycles. The number of nitrogens with one attached hydrogen (secondary N) is 1. The van der Waals surface area contributed by atoms with Crippen molar-refractivity contribution in [1.29, 1.82) is 0 Å². The number of aromatic nitrogens is 2. The SMILES string of the molecule is C[C@H](NCc1ccn(C2CCCC2)n1)c1cccc(Br)c1. The van der Waals surface area contributed by atoms with Crippen molar-refractivity contribution in [2.45, 2.75) is 51.2 Å². The number of halogens is 1. The van der Waals surface area contributed by atoms with Gasteiger partial charge in [0.25, 0.3) is 0 Å². The van der Waals surface area contributed by atoms with Crippen molar-refractivity contribution in [3.63, 3.8) is 0 Å². The molecule has 1 saturated carbocycles. The predicted molar refractivity (Wildman–Crippen MR) is 89.1 cm³/mol. The fraction of sp³-hybridized carbons (Fsp3) is 0.471. The molecule has 1 heterocycles. The fourth-order valence-electron chi connectivity index (χ4n) is 3.00. The van der Waals surface area contributed by atoms with Gasteiger partial charge in [0.05, 0.1) is 11.7 Å². The van der Waals surface area contributed by atoms with Gasteiger partial charge in [0.15, 0.2) is 0 Å². The monoisotopic (exact) mass is 347 g/mol. The molecule has 1 N–H and O–H groups in total. The zero-order chi connectivity index (χ0) is 14.7. The van der Waals surface area contributed by atoms with Crippen LogP contribution in [0.1, 0.15) is 55.9 Å². The van der Waals surface area contributed by atoms with Gasteiger partial charge < -0.3 is 5.32 Å². The van der Waals surface area contributed by atoms with Crippen molar-refractivity contribution in [1.82, 2.24) is 15.1 Å². The minimum atomic E-state index is 0.319. The molecule has 2 aromatic rings. The van der Waals surface area contributed by atoms with Crippen molar-refractivity contribution in [2.24, 2.45) is 0 Å². The van der Waals surface area contributed by atoms with Gasteiger partial charge in [-0.2, -0.15) is 5.10 Å². The molecule has 1 aromatic heterocycles. The Morgan fingerprint density at radius 1 is 1.33 bits per heavy atom. The van der Waals surface area contributed by atoms with Crippen molar-refractivity contribution in [2.75, 3.05) is 0 Å². The Hall–Kier alpha value is -1.13. The lowest BCUT2D eigenvalue weighted by molar-refractivity contribution is 0.458. The maximum atomic E-state index is 4.72. The van der Waals surface area contributed by atoms with Crippen LogP contribution in [-0.2, 0) is 6.54 Å². The van der Waals surface area contributed by atoms with Crippen LogP contribution in [-0.4, -0.2) is 9.78 Å². The van der Waals surface area contributed by atoms with E-state index in [1.165, 1.54) is 31.2 Å². The van der Waals surface area contributed by atoms with E-state index in [1.54, 1.807) is 0 Å². The Bertz CT molecular complexity index is 587. The number of benzene rings is 1. The van der Waals surface area contributed by atoms with Gasteiger partial charge >= 0.3 is 0 Å². The van der Waals surface area contributed by atoms with Crippen LogP contribution in [0.4, 0.5) is 0 Å². The highest BCUT2D eigenvalue weighted by molar-refractivity contribution is 9.10. The summed E-state index contributed by atoms with van der Waals surface area (Å²) in [6, 6.07) is 11.5. The van der Waals surface area contributed by atoms with Crippen LogP contribution < -0.4 is 5.32 Å². The Morgan fingerprint density at radius 3 is 2.90 bits per heavy atom. The van der Waals surface area contributed by atoms with Crippen LogP contribution in [0.2, 0.25) is 0 Å². The first-order chi connectivity index (χ1) is 10.2. The van der Waals surface area contributed by atoms with E-state index in [0.717, 1.165) is 16.7 Å². The fourth-order valence-corrected chi connectivity index (χ4v) is 3.41. The standard InChI is InChI=1S/C17H22BrN3/c1-13(14-5-4-6-15(18)11-14)19-12-16-9-10-21(20-16)17-7-2-3-8-17/h4-6,9-11,13,17,19H,2-3,7-8,12H2,1H3/t13-/m0/s1. The highest BCUT2D eigenvalue weighted by Gasteiger charge is 2.17. The second-order valence-corrected chi connectivity index (χ2v) is 6.80. The Labute approximate surface area is 134 Å². The summed E-state index contributed by atoms with van der Waals surface area (Å²) in [7, 11) is 0. The van der Waals surface area contributed by atoms with Crippen LogP contribution in [0.5, 0.6) is 0 Å². The number of hydrogen-bond donors (Lipinski definition) is 1. The first-order valence-corrected chi connectivity index (χ1v) is 8.54. The summed E-state index contributed by atoms with van der Waals surface area (Å²) >= 11 is 3.52. The van der Waals surface area contributed by atoms with E-state index >= 15 is 0 Å². The molecule has 0 aliphatic heterocycles. The minimum absolute atomic E-state index is 0.319. The lowest BCUT2D eigenvalue weighted by Crippen LogP contribution is -2.18. The Balaban J connectivity index is 1.57. The molecule has 0 saturated heterocycles. The average molecular weight is 348 g/mol. The van der Waals surface area contributed by atoms with E-state index in [2.05, 4.69) is 69.4 Å². The number of hydrogen-bond acceptors (Lipinski definition) is 2. The molecule has 0 amide bonds. The summed E-state index contributed by atoms with van der Waals surface area (Å²) in [5, 5.41) is 8.27. The lowest BCUT2D eigenvalue weighted by Gasteiger charge is -2.14. The molecular weight excluding hydrogens is 326 g/mol. The van der Waals surface area contributed by atoms with Crippen LogP contribution >= 0.6 is 15.9 Å². The summed E-state index contributed by atoms with van der Waals surface area (Å²) in [6.45, 7) is 3.00. The van der Waals surface area contributed by atoms with Crippen LogP contribution in [0, 0.1) is 0 Å². The van der Waals surface area contributed by atoms with E-state index < -0.39 is 0 Å². The van der Waals surface area contributed by atoms with Crippen molar-refractivity contribution in [3.05, 3.63) is 52.3 Å². The summed E-state index contributed by atoms with van der Waals surface area (Å²) in [6.07, 6.45) is 7.39. The quantitative estimate of drug-likeness (QED) is 0.855. The predicted octanol–water partition coefficient (Wildman–Crippen LogP) is 4.61. The molecular formula is C17H22BrN3. The molecule has 1 atom stereocenters. The van der Waals surface area contributed by atoms with Gasteiger partial charge in [-0.15, -0.1) is 0 Å². The van der Waals surface area contributed by atoms with E-state index in [1.807, 2.05) is 0 Å². The molecule has 3 nitrogen and oxygen atoms in total. The average Bonchev–Trinajstić information content (AvgIpc) is 3.15. The maximum Gasteiger partial charge on any atom is 0.0762 e. The van der Waals surface area contributed by atoms with Crippen LogP contribution in [0.3, 0.4) is 0 Å². The van der Waals surface area contributed by atoms with Gasteiger partial charge in [0.2, 0.25) is 0 Å². The second kappa shape index (κ2) is 6.75. The lowest BCUT2D eigenvalue weighted by atomic mass is 10.1. The molecule has 3 rings (SSSR count). The zero-order valence-electron chi connectivity index (χ0n) is 12.4. The van der Waals surface area contributed by atoms with Gasteiger partial charge in [0.1, 0.15) is 0 Å². The third-order valence-corrected chi connectivity index (χ3v) is 4.79. The minimum Gasteiger partial charge on any atom is -0.304 e.